The molecule has 12 N–H and O–H groups in total. The number of carboxylic acids is 2. The number of amides is 7. The molecule has 1 aliphatic heterocycles. The SMILES string of the molecule is CC[C@H](C)[C@H](NC(=O)[C@H](CC(C)C)NC(=O)[C@H](Cc1c[nH]c2ccccc12)NC(=O)CNC(=O)[C@@H]1CCCN1C(=O)[C@@H](N)CCC(=O)O)C(=O)N[C@@H](CC(N)=O)C(=O)O. The van der Waals surface area contributed by atoms with Gasteiger partial charge in [0, 0.05) is 36.5 Å². The molecular formula is C39H57N9O11. The van der Waals surface area contributed by atoms with Gasteiger partial charge in [0.25, 0.3) is 0 Å². The highest BCUT2D eigenvalue weighted by Gasteiger charge is 2.37. The van der Waals surface area contributed by atoms with Gasteiger partial charge in [-0.25, -0.2) is 4.79 Å². The summed E-state index contributed by atoms with van der Waals surface area (Å²) in [4.78, 5) is 119. The van der Waals surface area contributed by atoms with Crippen molar-refractivity contribution in [3.63, 3.8) is 0 Å². The Balaban J connectivity index is 1.80. The van der Waals surface area contributed by atoms with Crippen molar-refractivity contribution in [3.8, 4) is 0 Å². The van der Waals surface area contributed by atoms with Gasteiger partial charge >= 0.3 is 11.9 Å². The summed E-state index contributed by atoms with van der Waals surface area (Å²) in [6.07, 6.45) is 1.80. The van der Waals surface area contributed by atoms with Gasteiger partial charge in [-0.3, -0.25) is 38.4 Å². The zero-order chi connectivity index (χ0) is 44.0. The van der Waals surface area contributed by atoms with Gasteiger partial charge in [-0.05, 0) is 49.1 Å². The molecule has 0 spiro atoms. The molecule has 3 rings (SSSR count). The summed E-state index contributed by atoms with van der Waals surface area (Å²) in [5, 5.41) is 32.0. The number of nitrogens with one attached hydrogen (secondary N) is 6. The number of aromatic amines is 1. The molecular weight excluding hydrogens is 770 g/mol. The first-order valence-corrected chi connectivity index (χ1v) is 19.6. The van der Waals surface area contributed by atoms with Crippen molar-refractivity contribution in [2.75, 3.05) is 13.1 Å². The third kappa shape index (κ3) is 14.1. The molecule has 0 aliphatic carbocycles. The van der Waals surface area contributed by atoms with Crippen LogP contribution in [0.2, 0.25) is 0 Å². The lowest BCUT2D eigenvalue weighted by atomic mass is 9.96. The number of rotatable bonds is 23. The predicted molar refractivity (Wildman–Crippen MR) is 213 cm³/mol. The molecule has 2 heterocycles. The zero-order valence-electron chi connectivity index (χ0n) is 33.7. The number of hydrogen-bond acceptors (Lipinski definition) is 10. The number of nitrogens with two attached hydrogens (primary N) is 2. The molecule has 0 bridgehead atoms. The van der Waals surface area contributed by atoms with Gasteiger partial charge in [-0.1, -0.05) is 52.3 Å². The normalized spacial score (nSPS) is 16.8. The maximum atomic E-state index is 14.1. The number of carbonyl (C=O) groups is 9. The largest absolute Gasteiger partial charge is 0.481 e. The number of H-pyrrole nitrogens is 1. The van der Waals surface area contributed by atoms with E-state index in [2.05, 4.69) is 31.6 Å². The fraction of sp³-hybridized carbons (Fsp3) is 0.564. The molecule has 1 fully saturated rings. The number of aromatic nitrogens is 1. The molecule has 1 aromatic heterocycles. The van der Waals surface area contributed by atoms with Crippen LogP contribution in [0.4, 0.5) is 0 Å². The standard InChI is InChI=1S/C39H57N9O11/c1-5-21(4)33(37(56)46-28(39(58)59)17-30(41)49)47-35(54)26(15-20(2)3)45-34(53)27(16-22-18-42-25-10-7-6-9-23(22)25)44-31(50)19-43-36(55)29-11-8-14-48(29)38(57)24(40)12-13-32(51)52/h6-7,9-10,18,20-21,24,26-29,33,42H,5,8,11-17,19,40H2,1-4H3,(H2,41,49)(H,43,55)(H,44,50)(H,45,53)(H,46,56)(H,47,54)(H,51,52)(H,58,59)/t21-,24-,26-,27-,28-,29-,33-/m0/s1. The lowest BCUT2D eigenvalue weighted by Crippen LogP contribution is -2.60. The van der Waals surface area contributed by atoms with Crippen LogP contribution in [-0.2, 0) is 49.6 Å². The molecule has 7 atom stereocenters. The number of nitrogens with zero attached hydrogens (tertiary/aromatic N) is 1. The van der Waals surface area contributed by atoms with Crippen LogP contribution >= 0.6 is 0 Å². The summed E-state index contributed by atoms with van der Waals surface area (Å²) in [6, 6.07) is -0.178. The van der Waals surface area contributed by atoms with Crippen LogP contribution in [0.3, 0.4) is 0 Å². The molecule has 0 unspecified atom stereocenters. The van der Waals surface area contributed by atoms with E-state index in [4.69, 9.17) is 16.6 Å². The second-order valence-electron chi connectivity index (χ2n) is 15.3. The fourth-order valence-corrected chi connectivity index (χ4v) is 6.77. The van der Waals surface area contributed by atoms with Crippen LogP contribution in [0.1, 0.15) is 78.2 Å². The van der Waals surface area contributed by atoms with Crippen molar-refractivity contribution < 1.29 is 53.4 Å². The van der Waals surface area contributed by atoms with Gasteiger partial charge in [0.2, 0.25) is 41.4 Å². The molecule has 324 valence electrons. The summed E-state index contributed by atoms with van der Waals surface area (Å²) in [7, 11) is 0. The number of aliphatic carboxylic acids is 2. The van der Waals surface area contributed by atoms with Gasteiger partial charge in [0.05, 0.1) is 19.0 Å². The Labute approximate surface area is 341 Å². The second kappa shape index (κ2) is 22.2. The zero-order valence-corrected chi connectivity index (χ0v) is 33.7. The summed E-state index contributed by atoms with van der Waals surface area (Å²) in [5.41, 5.74) is 12.5. The highest BCUT2D eigenvalue weighted by Crippen LogP contribution is 2.21. The average molecular weight is 828 g/mol. The number of fused-ring (bicyclic) bond motifs is 1. The van der Waals surface area contributed by atoms with Gasteiger partial charge in [0.15, 0.2) is 0 Å². The first kappa shape index (κ1) is 47.3. The molecule has 59 heavy (non-hydrogen) atoms. The van der Waals surface area contributed by atoms with Crippen molar-refractivity contribution in [1.29, 1.82) is 0 Å². The summed E-state index contributed by atoms with van der Waals surface area (Å²) >= 11 is 0. The summed E-state index contributed by atoms with van der Waals surface area (Å²) in [5.74, 6) is -8.57. The Morgan fingerprint density at radius 3 is 2.19 bits per heavy atom. The van der Waals surface area contributed by atoms with Crippen LogP contribution in [-0.4, -0.2) is 123 Å². The molecule has 7 amide bonds. The Kier molecular flexibility index (Phi) is 17.8. The minimum atomic E-state index is -1.64. The second-order valence-corrected chi connectivity index (χ2v) is 15.3. The Morgan fingerprint density at radius 1 is 0.898 bits per heavy atom. The number of carboxylic acid groups (broad SMARTS) is 2. The number of benzene rings is 1. The maximum Gasteiger partial charge on any atom is 0.326 e. The quantitative estimate of drug-likeness (QED) is 0.0645. The monoisotopic (exact) mass is 827 g/mol. The van der Waals surface area contributed by atoms with Crippen molar-refractivity contribution in [3.05, 3.63) is 36.0 Å². The van der Waals surface area contributed by atoms with Crippen LogP contribution in [0, 0.1) is 11.8 Å². The first-order valence-electron chi connectivity index (χ1n) is 19.6. The lowest BCUT2D eigenvalue weighted by Gasteiger charge is -2.29. The average Bonchev–Trinajstić information content (AvgIpc) is 3.84. The van der Waals surface area contributed by atoms with Gasteiger partial charge in [-0.2, -0.15) is 0 Å². The molecule has 20 heteroatoms. The number of carbonyl (C=O) groups excluding carboxylic acids is 7. The number of hydrogen-bond donors (Lipinski definition) is 10. The Hall–Kier alpha value is -6.05. The van der Waals surface area contributed by atoms with E-state index in [0.717, 1.165) is 10.9 Å². The van der Waals surface area contributed by atoms with E-state index in [1.54, 1.807) is 26.1 Å². The van der Waals surface area contributed by atoms with Crippen molar-refractivity contribution in [2.24, 2.45) is 23.3 Å². The number of likely N-dealkylation sites (tertiary alicyclic amines) is 1. The lowest BCUT2D eigenvalue weighted by molar-refractivity contribution is -0.144. The molecule has 1 aliphatic rings. The van der Waals surface area contributed by atoms with Gasteiger partial charge < -0.3 is 58.1 Å². The van der Waals surface area contributed by atoms with E-state index in [-0.39, 0.29) is 38.1 Å². The van der Waals surface area contributed by atoms with Crippen LogP contribution in [0.5, 0.6) is 0 Å². The summed E-state index contributed by atoms with van der Waals surface area (Å²) < 4.78 is 0. The fourth-order valence-electron chi connectivity index (χ4n) is 6.77. The van der Waals surface area contributed by atoms with Crippen molar-refractivity contribution in [1.82, 2.24) is 36.5 Å². The maximum absolute atomic E-state index is 14.1. The molecule has 20 nitrogen and oxygen atoms in total. The van der Waals surface area contributed by atoms with Crippen LogP contribution in [0.15, 0.2) is 30.5 Å². The Bertz CT molecular complexity index is 1870. The number of primary amides is 1. The minimum absolute atomic E-state index is 0.0426. The highest BCUT2D eigenvalue weighted by atomic mass is 16.4. The van der Waals surface area contributed by atoms with Crippen LogP contribution < -0.4 is 38.1 Å². The molecule has 0 saturated carbocycles. The van der Waals surface area contributed by atoms with E-state index in [1.165, 1.54) is 4.90 Å². The van der Waals surface area contributed by atoms with E-state index >= 15 is 0 Å². The molecule has 1 aromatic carbocycles. The minimum Gasteiger partial charge on any atom is -0.481 e. The van der Waals surface area contributed by atoms with Crippen molar-refractivity contribution >= 4 is 64.2 Å². The molecule has 0 radical (unpaired) electrons. The molecule has 2 aromatic rings. The summed E-state index contributed by atoms with van der Waals surface area (Å²) in [6.45, 7) is 6.69. The number of para-hydroxylation sites is 1. The van der Waals surface area contributed by atoms with E-state index < -0.39 is 108 Å². The topological polar surface area (TPSA) is 325 Å². The predicted octanol–water partition coefficient (Wildman–Crippen LogP) is -0.999. The van der Waals surface area contributed by atoms with Gasteiger partial charge in [0.1, 0.15) is 30.2 Å². The van der Waals surface area contributed by atoms with Crippen molar-refractivity contribution in [2.45, 2.75) is 115 Å². The third-order valence-corrected chi connectivity index (χ3v) is 10.2. The van der Waals surface area contributed by atoms with Gasteiger partial charge in [-0.15, -0.1) is 0 Å². The Morgan fingerprint density at radius 2 is 1.56 bits per heavy atom. The van der Waals surface area contributed by atoms with E-state index in [1.807, 2.05) is 32.0 Å². The van der Waals surface area contributed by atoms with E-state index in [9.17, 15) is 48.3 Å². The van der Waals surface area contributed by atoms with Crippen LogP contribution in [0.25, 0.3) is 10.9 Å². The van der Waals surface area contributed by atoms with E-state index in [0.29, 0.717) is 24.8 Å². The third-order valence-electron chi connectivity index (χ3n) is 10.2. The smallest absolute Gasteiger partial charge is 0.326 e. The highest BCUT2D eigenvalue weighted by molar-refractivity contribution is 5.97. The molecule has 1 saturated heterocycles. The first-order chi connectivity index (χ1) is 27.8.